The van der Waals surface area contributed by atoms with Crippen LogP contribution >= 0.6 is 0 Å². The van der Waals surface area contributed by atoms with Gasteiger partial charge in [0.05, 0.1) is 48.0 Å². The zero-order valence-corrected chi connectivity index (χ0v) is 23.8. The van der Waals surface area contributed by atoms with Crippen molar-refractivity contribution in [3.63, 3.8) is 0 Å². The number of rotatable bonds is 7. The average molecular weight is 543 g/mol. The largest absolute Gasteiger partial charge is 0.507 e. The van der Waals surface area contributed by atoms with Crippen LogP contribution < -0.4 is 0 Å². The van der Waals surface area contributed by atoms with Crippen molar-refractivity contribution in [2.45, 2.75) is 45.6 Å². The van der Waals surface area contributed by atoms with Crippen LogP contribution in [-0.4, -0.2) is 75.8 Å². The van der Waals surface area contributed by atoms with Gasteiger partial charge in [0.25, 0.3) is 11.7 Å². The molecule has 3 heterocycles. The fourth-order valence-corrected chi connectivity index (χ4v) is 5.53. The molecule has 2 aliphatic heterocycles. The van der Waals surface area contributed by atoms with Crippen LogP contribution in [-0.2, 0) is 19.7 Å². The highest BCUT2D eigenvalue weighted by Gasteiger charge is 2.46. The maximum absolute atomic E-state index is 13.5. The second-order valence-electron chi connectivity index (χ2n) is 11.6. The fourth-order valence-electron chi connectivity index (χ4n) is 5.53. The molecule has 3 aromatic rings. The predicted molar refractivity (Wildman–Crippen MR) is 154 cm³/mol. The number of ketones is 1. The molecule has 40 heavy (non-hydrogen) atoms. The maximum atomic E-state index is 13.5. The van der Waals surface area contributed by atoms with Gasteiger partial charge in [-0.05, 0) is 42.0 Å². The lowest BCUT2D eigenvalue weighted by molar-refractivity contribution is -0.140. The number of aromatic nitrogens is 2. The zero-order valence-electron chi connectivity index (χ0n) is 23.8. The summed E-state index contributed by atoms with van der Waals surface area (Å²) in [6, 6.07) is 17.0. The Morgan fingerprint density at radius 3 is 2.33 bits per heavy atom. The molecule has 1 atom stereocenters. The first-order valence-electron chi connectivity index (χ1n) is 14.0. The molecular weight excluding hydrogens is 504 g/mol. The van der Waals surface area contributed by atoms with Gasteiger partial charge < -0.3 is 14.7 Å². The number of hydrogen-bond donors (Lipinski definition) is 1. The highest BCUT2D eigenvalue weighted by Crippen LogP contribution is 2.40. The van der Waals surface area contributed by atoms with E-state index in [4.69, 9.17) is 4.74 Å². The van der Waals surface area contributed by atoms with E-state index in [0.29, 0.717) is 37.4 Å². The quantitative estimate of drug-likeness (QED) is 0.266. The van der Waals surface area contributed by atoms with E-state index in [1.54, 1.807) is 15.8 Å². The van der Waals surface area contributed by atoms with Crippen LogP contribution in [0.15, 0.2) is 66.4 Å². The Morgan fingerprint density at radius 1 is 1.00 bits per heavy atom. The number of morpholine rings is 1. The van der Waals surface area contributed by atoms with Gasteiger partial charge in [-0.2, -0.15) is 5.10 Å². The summed E-state index contributed by atoms with van der Waals surface area (Å²) in [4.78, 5) is 30.9. The van der Waals surface area contributed by atoms with Gasteiger partial charge in [-0.1, -0.05) is 63.2 Å². The number of para-hydroxylation sites is 1. The summed E-state index contributed by atoms with van der Waals surface area (Å²) in [5, 5.41) is 16.1. The van der Waals surface area contributed by atoms with Crippen LogP contribution in [0.5, 0.6) is 0 Å². The van der Waals surface area contributed by atoms with Crippen molar-refractivity contribution in [3.8, 4) is 5.69 Å². The summed E-state index contributed by atoms with van der Waals surface area (Å²) in [5.41, 5.74) is 3.98. The van der Waals surface area contributed by atoms with Crippen molar-refractivity contribution < 1.29 is 19.4 Å². The second-order valence-corrected chi connectivity index (χ2v) is 11.6. The van der Waals surface area contributed by atoms with Crippen LogP contribution in [0.3, 0.4) is 0 Å². The number of ether oxygens (including phenoxy) is 1. The lowest BCUT2D eigenvalue weighted by Gasteiger charge is -2.29. The SMILES string of the molecule is Cc1c(/C(O)=C2\C(=O)C(=O)N(CCCN3CCOCC3)[C@@H]2c2ccc(C(C)(C)C)cc2)cnn1-c1ccccc1. The molecule has 0 saturated carbocycles. The molecule has 210 valence electrons. The number of aliphatic hydroxyl groups excluding tert-OH is 1. The molecule has 5 rings (SSSR count). The van der Waals surface area contributed by atoms with Gasteiger partial charge in [-0.3, -0.25) is 14.5 Å². The molecule has 2 aromatic carbocycles. The van der Waals surface area contributed by atoms with Gasteiger partial charge in [-0.25, -0.2) is 4.68 Å². The number of hydrogen-bond acceptors (Lipinski definition) is 6. The Morgan fingerprint density at radius 2 is 1.68 bits per heavy atom. The number of carbonyl (C=O) groups excluding carboxylic acids is 2. The van der Waals surface area contributed by atoms with Crippen LogP contribution in [0.4, 0.5) is 0 Å². The molecule has 8 nitrogen and oxygen atoms in total. The van der Waals surface area contributed by atoms with Crippen molar-refractivity contribution in [2.75, 3.05) is 39.4 Å². The van der Waals surface area contributed by atoms with Gasteiger partial charge in [-0.15, -0.1) is 0 Å². The van der Waals surface area contributed by atoms with Crippen molar-refractivity contribution in [1.29, 1.82) is 0 Å². The number of likely N-dealkylation sites (tertiary alicyclic amines) is 1. The summed E-state index contributed by atoms with van der Waals surface area (Å²) in [7, 11) is 0. The van der Waals surface area contributed by atoms with E-state index in [-0.39, 0.29) is 16.7 Å². The average Bonchev–Trinajstić information content (AvgIpc) is 3.46. The molecule has 1 aromatic heterocycles. The summed E-state index contributed by atoms with van der Waals surface area (Å²) in [6.07, 6.45) is 2.28. The van der Waals surface area contributed by atoms with E-state index in [1.807, 2.05) is 61.5 Å². The highest BCUT2D eigenvalue weighted by atomic mass is 16.5. The maximum Gasteiger partial charge on any atom is 0.295 e. The summed E-state index contributed by atoms with van der Waals surface area (Å²) < 4.78 is 7.17. The molecule has 0 unspecified atom stereocenters. The minimum Gasteiger partial charge on any atom is -0.507 e. The standard InChI is InChI=1S/C32H38N4O4/c1-22-26(21-33-36(22)25-9-6-5-7-10-25)29(37)27-28(23-11-13-24(14-12-23)32(2,3)4)35(31(39)30(27)38)16-8-15-34-17-19-40-20-18-34/h5-7,9-14,21,28,37H,8,15-20H2,1-4H3/b29-27+/t28-/m1/s1. The lowest BCUT2D eigenvalue weighted by Crippen LogP contribution is -2.39. The second kappa shape index (κ2) is 11.4. The molecule has 0 aliphatic carbocycles. The lowest BCUT2D eigenvalue weighted by atomic mass is 9.85. The molecule has 2 saturated heterocycles. The number of benzene rings is 2. The first-order valence-corrected chi connectivity index (χ1v) is 14.0. The third-order valence-corrected chi connectivity index (χ3v) is 7.88. The molecule has 2 fully saturated rings. The predicted octanol–water partition coefficient (Wildman–Crippen LogP) is 4.62. The first kappa shape index (κ1) is 27.8. The van der Waals surface area contributed by atoms with Crippen LogP contribution in [0.2, 0.25) is 0 Å². The van der Waals surface area contributed by atoms with E-state index >= 15 is 0 Å². The molecule has 2 aliphatic rings. The molecule has 1 N–H and O–H groups in total. The Balaban J connectivity index is 1.52. The van der Waals surface area contributed by atoms with Gasteiger partial charge in [0.2, 0.25) is 0 Å². The number of amides is 1. The number of Topliss-reactive ketones (excluding diaryl/α,β-unsaturated/α-hetero) is 1. The minimum absolute atomic E-state index is 0.0401. The van der Waals surface area contributed by atoms with E-state index in [9.17, 15) is 14.7 Å². The van der Waals surface area contributed by atoms with Crippen molar-refractivity contribution >= 4 is 17.4 Å². The zero-order chi connectivity index (χ0) is 28.4. The molecule has 1 amide bonds. The van der Waals surface area contributed by atoms with Crippen molar-refractivity contribution in [3.05, 3.63) is 88.8 Å². The summed E-state index contributed by atoms with van der Waals surface area (Å²) in [5.74, 6) is -1.44. The molecule has 0 spiro atoms. The van der Waals surface area contributed by atoms with Gasteiger partial charge in [0.1, 0.15) is 5.76 Å². The highest BCUT2D eigenvalue weighted by molar-refractivity contribution is 6.46. The van der Waals surface area contributed by atoms with Crippen LogP contribution in [0, 0.1) is 6.92 Å². The Hall–Kier alpha value is -3.75. The van der Waals surface area contributed by atoms with Crippen LogP contribution in [0.25, 0.3) is 11.4 Å². The molecular formula is C32H38N4O4. The monoisotopic (exact) mass is 542 g/mol. The smallest absolute Gasteiger partial charge is 0.295 e. The topological polar surface area (TPSA) is 87.9 Å². The fraction of sp³-hybridized carbons (Fsp3) is 0.406. The molecule has 8 heteroatoms. The minimum atomic E-state index is -0.682. The van der Waals surface area contributed by atoms with Gasteiger partial charge in [0.15, 0.2) is 0 Å². The Kier molecular flexibility index (Phi) is 7.92. The van der Waals surface area contributed by atoms with Crippen LogP contribution in [0.1, 0.15) is 55.6 Å². The third-order valence-electron chi connectivity index (χ3n) is 7.88. The number of nitrogens with zero attached hydrogens (tertiary/aromatic N) is 4. The first-order chi connectivity index (χ1) is 19.2. The summed E-state index contributed by atoms with van der Waals surface area (Å²) in [6.45, 7) is 12.6. The van der Waals surface area contributed by atoms with Gasteiger partial charge in [0, 0.05) is 26.2 Å². The van der Waals surface area contributed by atoms with Crippen molar-refractivity contribution in [2.24, 2.45) is 0 Å². The molecule has 0 bridgehead atoms. The number of aliphatic hydroxyl groups is 1. The Labute approximate surface area is 235 Å². The Bertz CT molecular complexity index is 1400. The van der Waals surface area contributed by atoms with E-state index in [2.05, 4.69) is 30.8 Å². The summed E-state index contributed by atoms with van der Waals surface area (Å²) >= 11 is 0. The van der Waals surface area contributed by atoms with Crippen molar-refractivity contribution in [1.82, 2.24) is 19.6 Å². The number of carbonyl (C=O) groups is 2. The van der Waals surface area contributed by atoms with E-state index in [0.717, 1.165) is 36.4 Å². The van der Waals surface area contributed by atoms with E-state index < -0.39 is 17.7 Å². The normalized spacial score (nSPS) is 19.9. The van der Waals surface area contributed by atoms with Gasteiger partial charge >= 0.3 is 0 Å². The third kappa shape index (κ3) is 5.46. The molecule has 0 radical (unpaired) electrons. The van der Waals surface area contributed by atoms with E-state index in [1.165, 1.54) is 0 Å².